The molecule has 0 aliphatic carbocycles. The van der Waals surface area contributed by atoms with Gasteiger partial charge in [0.25, 0.3) is 5.91 Å². The molecule has 0 aliphatic rings. The molecule has 24 heavy (non-hydrogen) atoms. The predicted octanol–water partition coefficient (Wildman–Crippen LogP) is 2.18. The van der Waals surface area contributed by atoms with Crippen molar-refractivity contribution in [1.82, 2.24) is 14.9 Å². The summed E-state index contributed by atoms with van der Waals surface area (Å²) < 4.78 is 26.4. The maximum Gasteiger partial charge on any atom is 0.305 e. The van der Waals surface area contributed by atoms with Gasteiger partial charge in [-0.1, -0.05) is 6.07 Å². The average molecular weight is 335 g/mol. The zero-order valence-electron chi connectivity index (χ0n) is 12.9. The maximum absolute atomic E-state index is 13.3. The highest BCUT2D eigenvalue weighted by atomic mass is 19.2. The first-order chi connectivity index (χ1) is 11.4. The van der Waals surface area contributed by atoms with E-state index >= 15 is 0 Å². The number of benzene rings is 1. The lowest BCUT2D eigenvalue weighted by Crippen LogP contribution is -2.33. The van der Waals surface area contributed by atoms with Gasteiger partial charge in [-0.05, 0) is 24.6 Å². The zero-order chi connectivity index (χ0) is 17.7. The van der Waals surface area contributed by atoms with Gasteiger partial charge >= 0.3 is 5.97 Å². The van der Waals surface area contributed by atoms with Crippen molar-refractivity contribution < 1.29 is 23.5 Å². The first kappa shape index (κ1) is 17.5. The monoisotopic (exact) mass is 335 g/mol. The van der Waals surface area contributed by atoms with Crippen LogP contribution in [0.15, 0.2) is 30.7 Å². The van der Waals surface area contributed by atoms with E-state index in [1.807, 2.05) is 0 Å². The van der Waals surface area contributed by atoms with Gasteiger partial charge in [0.2, 0.25) is 0 Å². The topological polar surface area (TPSA) is 83.4 Å². The second kappa shape index (κ2) is 7.58. The number of halogens is 2. The number of carboxylic acid groups (broad SMARTS) is 1. The predicted molar refractivity (Wildman–Crippen MR) is 80.1 cm³/mol. The lowest BCUT2D eigenvalue weighted by molar-refractivity contribution is -0.137. The number of hydrogen-bond acceptors (Lipinski definition) is 4. The standard InChI is InChI=1S/C16H15F2N3O3/c1-10-12(7-19-9-20-10)16(24)21(5-4-15(22)23)8-11-2-3-13(17)14(18)6-11/h2-3,6-7,9H,4-5,8H2,1H3,(H,22,23). The minimum absolute atomic E-state index is 0.0579. The van der Waals surface area contributed by atoms with E-state index in [1.165, 1.54) is 23.5 Å². The quantitative estimate of drug-likeness (QED) is 0.875. The Morgan fingerprint density at radius 2 is 2.00 bits per heavy atom. The molecule has 1 aromatic heterocycles. The third-order valence-electron chi connectivity index (χ3n) is 3.38. The molecule has 0 spiro atoms. The zero-order valence-corrected chi connectivity index (χ0v) is 12.9. The van der Waals surface area contributed by atoms with E-state index < -0.39 is 23.5 Å². The number of aryl methyl sites for hydroxylation is 1. The summed E-state index contributed by atoms with van der Waals surface area (Å²) in [6, 6.07) is 3.28. The van der Waals surface area contributed by atoms with Gasteiger partial charge in [0.05, 0.1) is 17.7 Å². The van der Waals surface area contributed by atoms with Crippen LogP contribution in [-0.2, 0) is 11.3 Å². The fourth-order valence-corrected chi connectivity index (χ4v) is 2.11. The minimum atomic E-state index is -1.07. The van der Waals surface area contributed by atoms with Crippen LogP contribution in [-0.4, -0.2) is 38.4 Å². The van der Waals surface area contributed by atoms with Crippen LogP contribution in [0.25, 0.3) is 0 Å². The van der Waals surface area contributed by atoms with Crippen molar-refractivity contribution in [3.8, 4) is 0 Å². The number of carbonyl (C=O) groups is 2. The third kappa shape index (κ3) is 4.31. The molecule has 0 fully saturated rings. The number of carbonyl (C=O) groups excluding carboxylic acids is 1. The normalized spacial score (nSPS) is 10.5. The van der Waals surface area contributed by atoms with E-state index in [2.05, 4.69) is 9.97 Å². The molecule has 6 nitrogen and oxygen atoms in total. The maximum atomic E-state index is 13.3. The Balaban J connectivity index is 2.26. The van der Waals surface area contributed by atoms with Crippen molar-refractivity contribution in [2.24, 2.45) is 0 Å². The van der Waals surface area contributed by atoms with Gasteiger partial charge in [0, 0.05) is 19.3 Å². The van der Waals surface area contributed by atoms with E-state index in [1.54, 1.807) is 6.92 Å². The van der Waals surface area contributed by atoms with Crippen LogP contribution in [0.4, 0.5) is 8.78 Å². The fraction of sp³-hybridized carbons (Fsp3) is 0.250. The Hall–Kier alpha value is -2.90. The molecule has 1 aromatic carbocycles. The molecule has 2 aromatic rings. The van der Waals surface area contributed by atoms with Gasteiger partial charge < -0.3 is 10.0 Å². The second-order valence-electron chi connectivity index (χ2n) is 5.14. The molecule has 0 unspecified atom stereocenters. The van der Waals surface area contributed by atoms with E-state index in [-0.39, 0.29) is 25.1 Å². The van der Waals surface area contributed by atoms with Crippen molar-refractivity contribution in [1.29, 1.82) is 0 Å². The SMILES string of the molecule is Cc1ncncc1C(=O)N(CCC(=O)O)Cc1ccc(F)c(F)c1. The van der Waals surface area contributed by atoms with Crippen molar-refractivity contribution in [2.45, 2.75) is 19.9 Å². The van der Waals surface area contributed by atoms with Gasteiger partial charge in [0.15, 0.2) is 11.6 Å². The van der Waals surface area contributed by atoms with Crippen LogP contribution in [0.3, 0.4) is 0 Å². The molecular formula is C16H15F2N3O3. The molecule has 0 saturated carbocycles. The molecule has 0 bridgehead atoms. The molecule has 8 heteroatoms. The number of aliphatic carboxylic acids is 1. The lowest BCUT2D eigenvalue weighted by atomic mass is 10.1. The van der Waals surface area contributed by atoms with E-state index in [9.17, 15) is 18.4 Å². The molecular weight excluding hydrogens is 320 g/mol. The molecule has 126 valence electrons. The van der Waals surface area contributed by atoms with Gasteiger partial charge in [-0.15, -0.1) is 0 Å². The van der Waals surface area contributed by atoms with E-state index in [4.69, 9.17) is 5.11 Å². The van der Waals surface area contributed by atoms with Crippen molar-refractivity contribution in [3.05, 3.63) is 59.2 Å². The second-order valence-corrected chi connectivity index (χ2v) is 5.14. The number of aromatic nitrogens is 2. The molecule has 2 rings (SSSR count). The van der Waals surface area contributed by atoms with Crippen LogP contribution in [0.2, 0.25) is 0 Å². The number of amides is 1. The summed E-state index contributed by atoms with van der Waals surface area (Å²) in [5, 5.41) is 8.84. The van der Waals surface area contributed by atoms with Crippen LogP contribution in [0.5, 0.6) is 0 Å². The van der Waals surface area contributed by atoms with Gasteiger partial charge in [0.1, 0.15) is 6.33 Å². The molecule has 1 heterocycles. The molecule has 0 atom stereocenters. The smallest absolute Gasteiger partial charge is 0.305 e. The summed E-state index contributed by atoms with van der Waals surface area (Å²) in [6.07, 6.45) is 2.36. The highest BCUT2D eigenvalue weighted by molar-refractivity contribution is 5.95. The summed E-state index contributed by atoms with van der Waals surface area (Å²) in [4.78, 5) is 32.4. The third-order valence-corrected chi connectivity index (χ3v) is 3.38. The Morgan fingerprint density at radius 1 is 1.25 bits per heavy atom. The van der Waals surface area contributed by atoms with Gasteiger partial charge in [-0.3, -0.25) is 9.59 Å². The summed E-state index contributed by atoms with van der Waals surface area (Å²) in [6.45, 7) is 1.49. The fourth-order valence-electron chi connectivity index (χ4n) is 2.11. The van der Waals surface area contributed by atoms with Crippen molar-refractivity contribution in [3.63, 3.8) is 0 Å². The Kier molecular flexibility index (Phi) is 5.51. The van der Waals surface area contributed by atoms with E-state index in [0.29, 0.717) is 11.3 Å². The summed E-state index contributed by atoms with van der Waals surface area (Å²) in [7, 11) is 0. The first-order valence-electron chi connectivity index (χ1n) is 7.10. The first-order valence-corrected chi connectivity index (χ1v) is 7.10. The van der Waals surface area contributed by atoms with Crippen molar-refractivity contribution >= 4 is 11.9 Å². The summed E-state index contributed by atoms with van der Waals surface area (Å²) in [5.74, 6) is -3.56. The Morgan fingerprint density at radius 3 is 2.62 bits per heavy atom. The number of nitrogens with zero attached hydrogens (tertiary/aromatic N) is 3. The van der Waals surface area contributed by atoms with Crippen LogP contribution >= 0.6 is 0 Å². The summed E-state index contributed by atoms with van der Waals surface area (Å²) in [5.41, 5.74) is 1.02. The van der Waals surface area contributed by atoms with Crippen molar-refractivity contribution in [2.75, 3.05) is 6.54 Å². The average Bonchev–Trinajstić information content (AvgIpc) is 2.54. The van der Waals surface area contributed by atoms with Crippen LogP contribution in [0, 0.1) is 18.6 Å². The molecule has 0 saturated heterocycles. The molecule has 1 N–H and O–H groups in total. The van der Waals surface area contributed by atoms with Gasteiger partial charge in [-0.25, -0.2) is 18.7 Å². The highest BCUT2D eigenvalue weighted by Crippen LogP contribution is 2.14. The summed E-state index contributed by atoms with van der Waals surface area (Å²) >= 11 is 0. The molecule has 0 aliphatic heterocycles. The minimum Gasteiger partial charge on any atom is -0.481 e. The molecule has 0 radical (unpaired) electrons. The van der Waals surface area contributed by atoms with Crippen LogP contribution in [0.1, 0.15) is 28.0 Å². The van der Waals surface area contributed by atoms with E-state index in [0.717, 1.165) is 12.1 Å². The van der Waals surface area contributed by atoms with Gasteiger partial charge in [-0.2, -0.15) is 0 Å². The molecule has 1 amide bonds. The number of rotatable bonds is 6. The number of hydrogen-bond donors (Lipinski definition) is 1. The number of carboxylic acids is 1. The largest absolute Gasteiger partial charge is 0.481 e. The Labute approximate surface area is 136 Å². The van der Waals surface area contributed by atoms with Crippen LogP contribution < -0.4 is 0 Å². The highest BCUT2D eigenvalue weighted by Gasteiger charge is 2.20. The Bertz CT molecular complexity index is 768. The lowest BCUT2D eigenvalue weighted by Gasteiger charge is -2.22.